The molecule has 1 aromatic rings. The van der Waals surface area contributed by atoms with E-state index in [-0.39, 0.29) is 17.4 Å². The Bertz CT molecular complexity index is 384. The SMILES string of the molecule is CC(F)(F)c1ccccc1OCC1CCCCN1. The minimum Gasteiger partial charge on any atom is -0.491 e. The standard InChI is InChI=1S/C14H19F2NO/c1-14(15,16)12-7-2-3-8-13(12)18-10-11-6-4-5-9-17-11/h2-3,7-8,11,17H,4-6,9-10H2,1H3. The van der Waals surface area contributed by atoms with Gasteiger partial charge < -0.3 is 10.1 Å². The fraction of sp³-hybridized carbons (Fsp3) is 0.571. The summed E-state index contributed by atoms with van der Waals surface area (Å²) >= 11 is 0. The molecule has 1 heterocycles. The first-order valence-corrected chi connectivity index (χ1v) is 6.41. The molecule has 1 aliphatic heterocycles. The molecule has 0 radical (unpaired) electrons. The summed E-state index contributed by atoms with van der Waals surface area (Å²) in [5.41, 5.74) is -0.0409. The molecular weight excluding hydrogens is 236 g/mol. The van der Waals surface area contributed by atoms with E-state index in [9.17, 15) is 8.78 Å². The molecule has 18 heavy (non-hydrogen) atoms. The molecule has 1 fully saturated rings. The Morgan fingerprint density at radius 2 is 2.11 bits per heavy atom. The van der Waals surface area contributed by atoms with Gasteiger partial charge in [0.2, 0.25) is 0 Å². The van der Waals surface area contributed by atoms with E-state index >= 15 is 0 Å². The van der Waals surface area contributed by atoms with Crippen LogP contribution in [0.1, 0.15) is 31.7 Å². The van der Waals surface area contributed by atoms with Crippen molar-refractivity contribution in [2.24, 2.45) is 0 Å². The first-order chi connectivity index (χ1) is 8.57. The van der Waals surface area contributed by atoms with Gasteiger partial charge in [-0.25, -0.2) is 8.78 Å². The van der Waals surface area contributed by atoms with E-state index in [1.54, 1.807) is 18.2 Å². The van der Waals surface area contributed by atoms with Gasteiger partial charge in [0.05, 0.1) is 5.56 Å². The number of para-hydroxylation sites is 1. The van der Waals surface area contributed by atoms with Gasteiger partial charge in [0, 0.05) is 13.0 Å². The number of hydrogen-bond donors (Lipinski definition) is 1. The van der Waals surface area contributed by atoms with E-state index in [0.29, 0.717) is 6.61 Å². The second-order valence-corrected chi connectivity index (χ2v) is 4.84. The number of piperidine rings is 1. The van der Waals surface area contributed by atoms with Crippen molar-refractivity contribution >= 4 is 0 Å². The zero-order valence-corrected chi connectivity index (χ0v) is 10.6. The van der Waals surface area contributed by atoms with Gasteiger partial charge in [-0.1, -0.05) is 18.6 Å². The van der Waals surface area contributed by atoms with E-state index in [1.807, 2.05) is 0 Å². The Balaban J connectivity index is 2.00. The van der Waals surface area contributed by atoms with Crippen molar-refractivity contribution in [3.63, 3.8) is 0 Å². The van der Waals surface area contributed by atoms with Crippen LogP contribution in [-0.2, 0) is 5.92 Å². The van der Waals surface area contributed by atoms with Gasteiger partial charge in [-0.05, 0) is 31.5 Å². The van der Waals surface area contributed by atoms with Crippen LogP contribution in [0.2, 0.25) is 0 Å². The number of benzene rings is 1. The molecule has 0 bridgehead atoms. The molecule has 0 saturated carbocycles. The van der Waals surface area contributed by atoms with Crippen LogP contribution in [0.4, 0.5) is 8.78 Å². The molecule has 0 aliphatic carbocycles. The summed E-state index contributed by atoms with van der Waals surface area (Å²) < 4.78 is 32.3. The third kappa shape index (κ3) is 3.42. The fourth-order valence-electron chi connectivity index (χ4n) is 2.21. The molecule has 1 aliphatic rings. The molecule has 4 heteroatoms. The van der Waals surface area contributed by atoms with Crippen molar-refractivity contribution in [2.75, 3.05) is 13.2 Å². The Labute approximate surface area is 106 Å². The summed E-state index contributed by atoms with van der Waals surface area (Å²) in [5.74, 6) is -2.58. The van der Waals surface area contributed by atoms with Gasteiger partial charge >= 0.3 is 0 Å². The van der Waals surface area contributed by atoms with Crippen LogP contribution in [0.5, 0.6) is 5.75 Å². The average Bonchev–Trinajstić information content (AvgIpc) is 2.37. The van der Waals surface area contributed by atoms with Gasteiger partial charge in [0.25, 0.3) is 5.92 Å². The topological polar surface area (TPSA) is 21.3 Å². The first-order valence-electron chi connectivity index (χ1n) is 6.41. The number of ether oxygens (including phenoxy) is 1. The average molecular weight is 255 g/mol. The summed E-state index contributed by atoms with van der Waals surface area (Å²) in [5, 5.41) is 3.34. The van der Waals surface area contributed by atoms with Crippen LogP contribution in [-0.4, -0.2) is 19.2 Å². The molecule has 1 aromatic carbocycles. The predicted octanol–water partition coefficient (Wildman–Crippen LogP) is 3.32. The highest BCUT2D eigenvalue weighted by atomic mass is 19.3. The van der Waals surface area contributed by atoms with E-state index in [1.165, 1.54) is 18.9 Å². The minimum absolute atomic E-state index is 0.0409. The second kappa shape index (κ2) is 5.65. The molecule has 1 atom stereocenters. The highest BCUT2D eigenvalue weighted by molar-refractivity contribution is 5.36. The predicted molar refractivity (Wildman–Crippen MR) is 67.1 cm³/mol. The molecule has 100 valence electrons. The van der Waals surface area contributed by atoms with Crippen LogP contribution in [0.3, 0.4) is 0 Å². The van der Waals surface area contributed by atoms with Gasteiger partial charge in [-0.3, -0.25) is 0 Å². The maximum Gasteiger partial charge on any atom is 0.274 e. The number of alkyl halides is 2. The van der Waals surface area contributed by atoms with Crippen molar-refractivity contribution in [1.82, 2.24) is 5.32 Å². The highest BCUT2D eigenvalue weighted by Crippen LogP contribution is 2.34. The normalized spacial score (nSPS) is 20.7. The highest BCUT2D eigenvalue weighted by Gasteiger charge is 2.28. The largest absolute Gasteiger partial charge is 0.491 e. The molecule has 0 aromatic heterocycles. The Kier molecular flexibility index (Phi) is 4.17. The lowest BCUT2D eigenvalue weighted by molar-refractivity contribution is 0.0141. The van der Waals surface area contributed by atoms with Gasteiger partial charge in [-0.2, -0.15) is 0 Å². The maximum atomic E-state index is 13.4. The Morgan fingerprint density at radius 3 is 2.78 bits per heavy atom. The molecular formula is C14H19F2NO. The third-order valence-corrected chi connectivity index (χ3v) is 3.21. The molecule has 0 spiro atoms. The van der Waals surface area contributed by atoms with Crippen molar-refractivity contribution < 1.29 is 13.5 Å². The molecule has 0 amide bonds. The molecule has 1 N–H and O–H groups in total. The summed E-state index contributed by atoms with van der Waals surface area (Å²) in [4.78, 5) is 0. The molecule has 2 rings (SSSR count). The van der Waals surface area contributed by atoms with E-state index in [4.69, 9.17) is 4.74 Å². The van der Waals surface area contributed by atoms with E-state index in [2.05, 4.69) is 5.32 Å². The lowest BCUT2D eigenvalue weighted by atomic mass is 10.1. The zero-order chi connectivity index (χ0) is 13.0. The summed E-state index contributed by atoms with van der Waals surface area (Å²) in [6, 6.07) is 6.63. The van der Waals surface area contributed by atoms with Crippen molar-refractivity contribution in [1.29, 1.82) is 0 Å². The third-order valence-electron chi connectivity index (χ3n) is 3.21. The van der Waals surface area contributed by atoms with Crippen LogP contribution in [0.15, 0.2) is 24.3 Å². The summed E-state index contributed by atoms with van der Waals surface area (Å²) in [6.07, 6.45) is 3.40. The van der Waals surface area contributed by atoms with Gasteiger partial charge in [-0.15, -0.1) is 0 Å². The molecule has 1 saturated heterocycles. The van der Waals surface area contributed by atoms with Crippen molar-refractivity contribution in [2.45, 2.75) is 38.2 Å². The van der Waals surface area contributed by atoms with Crippen molar-refractivity contribution in [3.8, 4) is 5.75 Å². The zero-order valence-electron chi connectivity index (χ0n) is 10.6. The quantitative estimate of drug-likeness (QED) is 0.891. The number of nitrogens with one attached hydrogen (secondary N) is 1. The Morgan fingerprint density at radius 1 is 1.33 bits per heavy atom. The Hall–Kier alpha value is -1.16. The maximum absolute atomic E-state index is 13.4. The van der Waals surface area contributed by atoms with Gasteiger partial charge in [0.15, 0.2) is 0 Å². The van der Waals surface area contributed by atoms with E-state index in [0.717, 1.165) is 19.9 Å². The van der Waals surface area contributed by atoms with E-state index < -0.39 is 5.92 Å². The fourth-order valence-corrected chi connectivity index (χ4v) is 2.21. The van der Waals surface area contributed by atoms with Crippen LogP contribution >= 0.6 is 0 Å². The second-order valence-electron chi connectivity index (χ2n) is 4.84. The number of hydrogen-bond acceptors (Lipinski definition) is 2. The van der Waals surface area contributed by atoms with Crippen LogP contribution < -0.4 is 10.1 Å². The smallest absolute Gasteiger partial charge is 0.274 e. The first kappa shape index (κ1) is 13.3. The minimum atomic E-state index is -2.86. The molecule has 1 unspecified atom stereocenters. The number of halogens is 2. The van der Waals surface area contributed by atoms with Crippen LogP contribution in [0.25, 0.3) is 0 Å². The van der Waals surface area contributed by atoms with Crippen LogP contribution in [0, 0.1) is 0 Å². The summed E-state index contributed by atoms with van der Waals surface area (Å²) in [6.45, 7) is 2.33. The summed E-state index contributed by atoms with van der Waals surface area (Å²) in [7, 11) is 0. The monoisotopic (exact) mass is 255 g/mol. The number of rotatable bonds is 4. The lowest BCUT2D eigenvalue weighted by Crippen LogP contribution is -2.38. The van der Waals surface area contributed by atoms with Gasteiger partial charge in [0.1, 0.15) is 12.4 Å². The molecule has 2 nitrogen and oxygen atoms in total. The van der Waals surface area contributed by atoms with Crippen molar-refractivity contribution in [3.05, 3.63) is 29.8 Å². The lowest BCUT2D eigenvalue weighted by Gasteiger charge is -2.24.